The molecule has 0 saturated heterocycles. The maximum Gasteiger partial charge on any atom is 0.230 e. The zero-order chi connectivity index (χ0) is 12.0. The van der Waals surface area contributed by atoms with Crippen LogP contribution in [0.5, 0.6) is 0 Å². The van der Waals surface area contributed by atoms with Gasteiger partial charge in [-0.05, 0) is 6.42 Å². The molecule has 0 fully saturated rings. The van der Waals surface area contributed by atoms with Crippen LogP contribution in [0, 0.1) is 5.92 Å². The van der Waals surface area contributed by atoms with Gasteiger partial charge in [-0.25, -0.2) is 0 Å². The predicted octanol–water partition coefficient (Wildman–Crippen LogP) is 0.993. The summed E-state index contributed by atoms with van der Waals surface area (Å²) < 4.78 is 4.86. The molecule has 0 aliphatic carbocycles. The molecule has 5 nitrogen and oxygen atoms in total. The number of thiocarbonyl (C=S) groups is 1. The van der Waals surface area contributed by atoms with Crippen LogP contribution in [-0.2, 0) is 11.3 Å². The van der Waals surface area contributed by atoms with E-state index in [0.29, 0.717) is 18.7 Å². The highest BCUT2D eigenvalue weighted by atomic mass is 32.1. The Hall–Kier alpha value is -1.43. The summed E-state index contributed by atoms with van der Waals surface area (Å²) in [7, 11) is 0. The molecule has 1 unspecified atom stereocenters. The largest absolute Gasteiger partial charge is 0.393 e. The molecule has 1 aromatic heterocycles. The fourth-order valence-corrected chi connectivity index (χ4v) is 1.55. The standard InChI is InChI=1S/C10H15N3O2S/c1-2-3-8(9(11)16)10(14)12-6-7-4-5-13-15-7/h4-5,8H,2-3,6H2,1H3,(H2,11,16)(H,12,14). The monoisotopic (exact) mass is 241 g/mol. The molecular formula is C10H15N3O2S. The maximum absolute atomic E-state index is 11.7. The Morgan fingerprint density at radius 1 is 1.75 bits per heavy atom. The van der Waals surface area contributed by atoms with Gasteiger partial charge in [0, 0.05) is 6.07 Å². The molecule has 3 N–H and O–H groups in total. The smallest absolute Gasteiger partial charge is 0.230 e. The van der Waals surface area contributed by atoms with Crippen molar-refractivity contribution in [2.75, 3.05) is 0 Å². The second-order valence-electron chi connectivity index (χ2n) is 3.44. The first kappa shape index (κ1) is 12.6. The minimum absolute atomic E-state index is 0.161. The van der Waals surface area contributed by atoms with Gasteiger partial charge in [-0.3, -0.25) is 4.79 Å². The van der Waals surface area contributed by atoms with Crippen LogP contribution >= 0.6 is 12.2 Å². The highest BCUT2D eigenvalue weighted by Crippen LogP contribution is 2.07. The van der Waals surface area contributed by atoms with Gasteiger partial charge in [0.05, 0.1) is 23.6 Å². The van der Waals surface area contributed by atoms with E-state index in [1.807, 2.05) is 6.92 Å². The molecular weight excluding hydrogens is 226 g/mol. The Labute approximate surface area is 99.4 Å². The molecule has 0 bridgehead atoms. The van der Waals surface area contributed by atoms with E-state index in [1.54, 1.807) is 6.07 Å². The molecule has 1 atom stereocenters. The zero-order valence-corrected chi connectivity index (χ0v) is 9.92. The van der Waals surface area contributed by atoms with E-state index in [2.05, 4.69) is 10.5 Å². The lowest BCUT2D eigenvalue weighted by Gasteiger charge is -2.13. The molecule has 1 aromatic rings. The molecule has 0 aliphatic heterocycles. The summed E-state index contributed by atoms with van der Waals surface area (Å²) in [6, 6.07) is 1.69. The Bertz CT molecular complexity index is 351. The Morgan fingerprint density at radius 3 is 3.00 bits per heavy atom. The molecule has 1 rings (SSSR count). The third-order valence-corrected chi connectivity index (χ3v) is 2.45. The van der Waals surface area contributed by atoms with Crippen molar-refractivity contribution in [3.05, 3.63) is 18.0 Å². The van der Waals surface area contributed by atoms with Gasteiger partial charge in [0.25, 0.3) is 0 Å². The van der Waals surface area contributed by atoms with Crippen LogP contribution in [0.25, 0.3) is 0 Å². The lowest BCUT2D eigenvalue weighted by molar-refractivity contribution is -0.123. The number of hydrogen-bond acceptors (Lipinski definition) is 4. The average molecular weight is 241 g/mol. The van der Waals surface area contributed by atoms with Crippen LogP contribution in [0.2, 0.25) is 0 Å². The minimum atomic E-state index is -0.400. The van der Waals surface area contributed by atoms with Gasteiger partial charge >= 0.3 is 0 Å². The van der Waals surface area contributed by atoms with Crippen molar-refractivity contribution in [2.24, 2.45) is 11.7 Å². The lowest BCUT2D eigenvalue weighted by atomic mass is 10.0. The van der Waals surface area contributed by atoms with Crippen LogP contribution in [0.15, 0.2) is 16.8 Å². The fraction of sp³-hybridized carbons (Fsp3) is 0.500. The topological polar surface area (TPSA) is 81.2 Å². The summed E-state index contributed by atoms with van der Waals surface area (Å²) in [5.41, 5.74) is 5.51. The minimum Gasteiger partial charge on any atom is -0.393 e. The van der Waals surface area contributed by atoms with E-state index in [1.165, 1.54) is 6.20 Å². The first-order valence-corrected chi connectivity index (χ1v) is 5.52. The van der Waals surface area contributed by atoms with Gasteiger partial charge in [0.2, 0.25) is 5.91 Å². The lowest BCUT2D eigenvalue weighted by Crippen LogP contribution is -2.37. The van der Waals surface area contributed by atoms with Crippen molar-refractivity contribution in [1.82, 2.24) is 10.5 Å². The SMILES string of the molecule is CCCC(C(=O)NCc1ccno1)C(N)=S. The number of nitrogens with two attached hydrogens (primary N) is 1. The van der Waals surface area contributed by atoms with Crippen molar-refractivity contribution in [1.29, 1.82) is 0 Å². The van der Waals surface area contributed by atoms with E-state index in [-0.39, 0.29) is 10.9 Å². The van der Waals surface area contributed by atoms with Gasteiger partial charge < -0.3 is 15.6 Å². The molecule has 1 amide bonds. The number of nitrogens with zero attached hydrogens (tertiary/aromatic N) is 1. The van der Waals surface area contributed by atoms with E-state index < -0.39 is 5.92 Å². The van der Waals surface area contributed by atoms with Gasteiger partial charge in [0.1, 0.15) is 0 Å². The van der Waals surface area contributed by atoms with E-state index >= 15 is 0 Å². The molecule has 6 heteroatoms. The third kappa shape index (κ3) is 3.62. The fourth-order valence-electron chi connectivity index (χ4n) is 1.32. The Morgan fingerprint density at radius 2 is 2.50 bits per heavy atom. The molecule has 0 aliphatic rings. The van der Waals surface area contributed by atoms with Crippen LogP contribution in [0.1, 0.15) is 25.5 Å². The Kier molecular flexibility index (Phi) is 4.91. The number of rotatable bonds is 6. The van der Waals surface area contributed by atoms with Crippen molar-refractivity contribution < 1.29 is 9.32 Å². The number of amides is 1. The highest BCUT2D eigenvalue weighted by molar-refractivity contribution is 7.80. The van der Waals surface area contributed by atoms with Crippen molar-refractivity contribution in [2.45, 2.75) is 26.3 Å². The summed E-state index contributed by atoms with van der Waals surface area (Å²) in [5, 5.41) is 6.25. The first-order chi connectivity index (χ1) is 7.65. The normalized spacial score (nSPS) is 12.1. The van der Waals surface area contributed by atoms with E-state index in [4.69, 9.17) is 22.5 Å². The number of nitrogens with one attached hydrogen (secondary N) is 1. The van der Waals surface area contributed by atoms with Crippen molar-refractivity contribution >= 4 is 23.1 Å². The zero-order valence-electron chi connectivity index (χ0n) is 9.10. The van der Waals surface area contributed by atoms with Crippen LogP contribution in [0.3, 0.4) is 0 Å². The summed E-state index contributed by atoms with van der Waals surface area (Å²) in [5.74, 6) is 0.0419. The molecule has 16 heavy (non-hydrogen) atoms. The summed E-state index contributed by atoms with van der Waals surface area (Å²) in [4.78, 5) is 12.0. The van der Waals surface area contributed by atoms with Gasteiger partial charge in [-0.1, -0.05) is 30.7 Å². The second kappa shape index (κ2) is 6.22. The van der Waals surface area contributed by atoms with Crippen LogP contribution in [0.4, 0.5) is 0 Å². The van der Waals surface area contributed by atoms with Crippen LogP contribution in [-0.4, -0.2) is 16.1 Å². The van der Waals surface area contributed by atoms with Crippen molar-refractivity contribution in [3.8, 4) is 0 Å². The average Bonchev–Trinajstić information content (AvgIpc) is 2.75. The number of carbonyl (C=O) groups is 1. The number of hydrogen-bond donors (Lipinski definition) is 2. The summed E-state index contributed by atoms with van der Waals surface area (Å²) in [6.07, 6.45) is 3.05. The maximum atomic E-state index is 11.7. The summed E-state index contributed by atoms with van der Waals surface area (Å²) >= 11 is 4.85. The Balaban J connectivity index is 2.46. The number of aromatic nitrogens is 1. The van der Waals surface area contributed by atoms with Gasteiger partial charge in [0.15, 0.2) is 5.76 Å². The predicted molar refractivity (Wildman–Crippen MR) is 63.5 cm³/mol. The van der Waals surface area contributed by atoms with Gasteiger partial charge in [-0.2, -0.15) is 0 Å². The highest BCUT2D eigenvalue weighted by Gasteiger charge is 2.20. The van der Waals surface area contributed by atoms with E-state index in [0.717, 1.165) is 6.42 Å². The molecule has 0 saturated carbocycles. The number of carbonyl (C=O) groups excluding carboxylic acids is 1. The molecule has 88 valence electrons. The molecule has 0 radical (unpaired) electrons. The summed E-state index contributed by atoms with van der Waals surface area (Å²) in [6.45, 7) is 2.29. The molecule has 1 heterocycles. The first-order valence-electron chi connectivity index (χ1n) is 5.11. The van der Waals surface area contributed by atoms with Crippen LogP contribution < -0.4 is 11.1 Å². The van der Waals surface area contributed by atoms with Crippen molar-refractivity contribution in [3.63, 3.8) is 0 Å². The quantitative estimate of drug-likeness (QED) is 0.726. The van der Waals surface area contributed by atoms with Gasteiger partial charge in [-0.15, -0.1) is 0 Å². The molecule has 0 aromatic carbocycles. The second-order valence-corrected chi connectivity index (χ2v) is 3.91. The van der Waals surface area contributed by atoms with E-state index in [9.17, 15) is 4.79 Å². The third-order valence-electron chi connectivity index (χ3n) is 2.17. The molecule has 0 spiro atoms.